The Morgan fingerprint density at radius 3 is 2.88 bits per heavy atom. The number of nitrogens with one attached hydrogen (secondary N) is 1. The third-order valence-corrected chi connectivity index (χ3v) is 4.78. The predicted molar refractivity (Wildman–Crippen MR) is 101 cm³/mol. The lowest BCUT2D eigenvalue weighted by Crippen LogP contribution is -2.07. The van der Waals surface area contributed by atoms with Crippen LogP contribution in [0.25, 0.3) is 16.6 Å². The van der Waals surface area contributed by atoms with E-state index < -0.39 is 0 Å². The first-order valence-corrected chi connectivity index (χ1v) is 8.85. The number of anilines is 1. The van der Waals surface area contributed by atoms with Crippen molar-refractivity contribution in [1.29, 1.82) is 0 Å². The van der Waals surface area contributed by atoms with Crippen LogP contribution >= 0.6 is 22.9 Å². The van der Waals surface area contributed by atoms with Crippen LogP contribution in [0.5, 0.6) is 11.5 Å². The third-order valence-electron chi connectivity index (χ3n) is 3.58. The summed E-state index contributed by atoms with van der Waals surface area (Å²) in [6, 6.07) is 12.8. The van der Waals surface area contributed by atoms with Crippen LogP contribution in [0.3, 0.4) is 0 Å². The molecule has 3 aromatic rings. The second kappa shape index (κ2) is 7.15. The summed E-state index contributed by atoms with van der Waals surface area (Å²) in [4.78, 5) is 12.1. The fourth-order valence-corrected chi connectivity index (χ4v) is 3.42. The second-order valence-electron chi connectivity index (χ2n) is 5.33. The number of amides is 1. The number of nitrogens with zero attached hydrogens (tertiary/aromatic N) is 2. The number of hydrogen-bond acceptors (Lipinski definition) is 6. The highest BCUT2D eigenvalue weighted by atomic mass is 35.5. The number of aromatic nitrogens is 2. The summed E-state index contributed by atoms with van der Waals surface area (Å²) >= 11 is 7.41. The van der Waals surface area contributed by atoms with E-state index >= 15 is 0 Å². The summed E-state index contributed by atoms with van der Waals surface area (Å²) in [6.45, 7) is 0.216. The van der Waals surface area contributed by atoms with Crippen LogP contribution in [-0.2, 0) is 4.79 Å². The predicted octanol–water partition coefficient (Wildman–Crippen LogP) is 4.24. The van der Waals surface area contributed by atoms with Gasteiger partial charge < -0.3 is 9.47 Å². The van der Waals surface area contributed by atoms with Crippen molar-refractivity contribution in [3.05, 3.63) is 59.1 Å². The van der Waals surface area contributed by atoms with Gasteiger partial charge in [0.15, 0.2) is 16.5 Å². The minimum atomic E-state index is -0.301. The molecule has 26 heavy (non-hydrogen) atoms. The molecule has 0 saturated heterocycles. The molecule has 1 aliphatic rings. The maximum Gasteiger partial charge on any atom is 0.250 e. The van der Waals surface area contributed by atoms with Crippen molar-refractivity contribution in [2.24, 2.45) is 0 Å². The molecule has 1 amide bonds. The van der Waals surface area contributed by atoms with E-state index in [2.05, 4.69) is 15.5 Å². The molecule has 1 aromatic heterocycles. The molecule has 4 rings (SSSR count). The molecule has 0 fully saturated rings. The van der Waals surface area contributed by atoms with E-state index in [4.69, 9.17) is 21.1 Å². The first kappa shape index (κ1) is 16.6. The molecule has 0 saturated carbocycles. The number of benzene rings is 2. The molecule has 2 heterocycles. The lowest BCUT2D eigenvalue weighted by atomic mass is 10.2. The highest BCUT2D eigenvalue weighted by molar-refractivity contribution is 7.18. The van der Waals surface area contributed by atoms with Crippen LogP contribution in [0.2, 0.25) is 5.02 Å². The van der Waals surface area contributed by atoms with Crippen LogP contribution in [0.15, 0.2) is 48.5 Å². The Kier molecular flexibility index (Phi) is 4.55. The maximum atomic E-state index is 12.1. The van der Waals surface area contributed by atoms with Gasteiger partial charge in [0.25, 0.3) is 0 Å². The van der Waals surface area contributed by atoms with Crippen molar-refractivity contribution in [3.63, 3.8) is 0 Å². The Morgan fingerprint density at radius 1 is 1.15 bits per heavy atom. The lowest BCUT2D eigenvalue weighted by molar-refractivity contribution is -0.111. The van der Waals surface area contributed by atoms with Crippen LogP contribution in [0.4, 0.5) is 5.13 Å². The fraction of sp³-hybridized carbons (Fsp3) is 0.0556. The summed E-state index contributed by atoms with van der Waals surface area (Å²) in [6.07, 6.45) is 3.11. The maximum absolute atomic E-state index is 12.1. The minimum absolute atomic E-state index is 0.216. The van der Waals surface area contributed by atoms with Crippen molar-refractivity contribution < 1.29 is 14.3 Å². The number of rotatable bonds is 4. The topological polar surface area (TPSA) is 73.3 Å². The molecule has 0 aliphatic carbocycles. The zero-order valence-corrected chi connectivity index (χ0v) is 14.9. The van der Waals surface area contributed by atoms with Crippen molar-refractivity contribution in [3.8, 4) is 22.1 Å². The van der Waals surface area contributed by atoms with Crippen molar-refractivity contribution >= 4 is 40.1 Å². The van der Waals surface area contributed by atoms with Crippen LogP contribution < -0.4 is 14.8 Å². The fourth-order valence-electron chi connectivity index (χ4n) is 2.35. The van der Waals surface area contributed by atoms with Crippen molar-refractivity contribution in [2.45, 2.75) is 0 Å². The quantitative estimate of drug-likeness (QED) is 0.680. The van der Waals surface area contributed by atoms with Gasteiger partial charge in [-0.15, -0.1) is 10.2 Å². The van der Waals surface area contributed by atoms with Crippen LogP contribution in [0.1, 0.15) is 5.56 Å². The summed E-state index contributed by atoms with van der Waals surface area (Å²) in [5.74, 6) is 1.07. The van der Waals surface area contributed by atoms with E-state index in [1.807, 2.05) is 30.3 Å². The van der Waals surface area contributed by atoms with Gasteiger partial charge in [-0.05, 0) is 29.8 Å². The highest BCUT2D eigenvalue weighted by Gasteiger charge is 2.13. The van der Waals surface area contributed by atoms with Gasteiger partial charge in [0, 0.05) is 11.6 Å². The first-order chi connectivity index (χ1) is 12.7. The SMILES string of the molecule is O=C(C=Cc1ccc2c(c1)OCO2)Nc1nnc(-c2ccccc2Cl)s1. The highest BCUT2D eigenvalue weighted by Crippen LogP contribution is 2.33. The number of halogens is 1. The molecule has 8 heteroatoms. The molecular weight excluding hydrogens is 374 g/mol. The van der Waals surface area contributed by atoms with E-state index in [1.165, 1.54) is 17.4 Å². The van der Waals surface area contributed by atoms with Gasteiger partial charge in [-0.3, -0.25) is 10.1 Å². The van der Waals surface area contributed by atoms with Gasteiger partial charge in [-0.25, -0.2) is 0 Å². The summed E-state index contributed by atoms with van der Waals surface area (Å²) in [5.41, 5.74) is 1.61. The molecule has 0 bridgehead atoms. The average molecular weight is 386 g/mol. The average Bonchev–Trinajstić information content (AvgIpc) is 3.29. The Morgan fingerprint density at radius 2 is 2.00 bits per heavy atom. The lowest BCUT2D eigenvalue weighted by Gasteiger charge is -1.98. The van der Waals surface area contributed by atoms with Gasteiger partial charge in [0.1, 0.15) is 0 Å². The van der Waals surface area contributed by atoms with E-state index in [1.54, 1.807) is 18.2 Å². The van der Waals surface area contributed by atoms with Gasteiger partial charge in [0.2, 0.25) is 17.8 Å². The van der Waals surface area contributed by atoms with Crippen molar-refractivity contribution in [2.75, 3.05) is 12.1 Å². The van der Waals surface area contributed by atoms with Gasteiger partial charge in [-0.1, -0.05) is 47.2 Å². The molecule has 6 nitrogen and oxygen atoms in total. The molecule has 1 N–H and O–H groups in total. The minimum Gasteiger partial charge on any atom is -0.454 e. The Balaban J connectivity index is 1.43. The van der Waals surface area contributed by atoms with E-state index in [9.17, 15) is 4.79 Å². The van der Waals surface area contributed by atoms with Gasteiger partial charge in [0.05, 0.1) is 5.02 Å². The zero-order chi connectivity index (χ0) is 17.9. The molecule has 2 aromatic carbocycles. The molecular formula is C18H12ClN3O3S. The van der Waals surface area contributed by atoms with E-state index in [-0.39, 0.29) is 12.7 Å². The monoisotopic (exact) mass is 385 g/mol. The third kappa shape index (κ3) is 3.54. The first-order valence-electron chi connectivity index (χ1n) is 7.66. The van der Waals surface area contributed by atoms with Gasteiger partial charge >= 0.3 is 0 Å². The molecule has 0 radical (unpaired) electrons. The molecule has 0 spiro atoms. The zero-order valence-electron chi connectivity index (χ0n) is 13.3. The Labute approximate surface area is 158 Å². The standard InChI is InChI=1S/C18H12ClN3O3S/c19-13-4-2-1-3-12(13)17-21-22-18(26-17)20-16(23)8-6-11-5-7-14-15(9-11)25-10-24-14/h1-9H,10H2,(H,20,22,23). The second-order valence-corrected chi connectivity index (χ2v) is 6.71. The molecule has 130 valence electrons. The largest absolute Gasteiger partial charge is 0.454 e. The van der Waals surface area contributed by atoms with Gasteiger partial charge in [-0.2, -0.15) is 0 Å². The van der Waals surface area contributed by atoms with Crippen molar-refractivity contribution in [1.82, 2.24) is 10.2 Å². The number of hydrogen-bond donors (Lipinski definition) is 1. The summed E-state index contributed by atoms with van der Waals surface area (Å²) < 4.78 is 10.6. The van der Waals surface area contributed by atoms with Crippen LogP contribution in [0, 0.1) is 0 Å². The summed E-state index contributed by atoms with van der Waals surface area (Å²) in [7, 11) is 0. The number of carbonyl (C=O) groups excluding carboxylic acids is 1. The smallest absolute Gasteiger partial charge is 0.250 e. The molecule has 0 atom stereocenters. The molecule has 1 aliphatic heterocycles. The Hall–Kier alpha value is -2.90. The van der Waals surface area contributed by atoms with Crippen LogP contribution in [-0.4, -0.2) is 22.9 Å². The number of fused-ring (bicyclic) bond motifs is 1. The van der Waals surface area contributed by atoms with E-state index in [0.717, 1.165) is 11.1 Å². The van der Waals surface area contributed by atoms with E-state index in [0.29, 0.717) is 26.7 Å². The molecule has 0 unspecified atom stereocenters. The summed E-state index contributed by atoms with van der Waals surface area (Å²) in [5, 5.41) is 12.4. The number of ether oxygens (including phenoxy) is 2. The number of carbonyl (C=O) groups is 1. The normalized spacial score (nSPS) is 12.5. The Bertz CT molecular complexity index is 1000.